The van der Waals surface area contributed by atoms with Crippen LogP contribution < -0.4 is 5.73 Å². The molecular formula is C13H18ClN3O. The van der Waals surface area contributed by atoms with Gasteiger partial charge in [-0.25, -0.2) is 0 Å². The number of piperazine rings is 1. The number of benzene rings is 1. The first-order chi connectivity index (χ1) is 8.59. The van der Waals surface area contributed by atoms with Crippen LogP contribution >= 0.6 is 11.6 Å². The minimum Gasteiger partial charge on any atom is -0.368 e. The number of carbonyl (C=O) groups is 1. The van der Waals surface area contributed by atoms with Gasteiger partial charge in [-0.15, -0.1) is 0 Å². The van der Waals surface area contributed by atoms with Crippen molar-refractivity contribution in [2.75, 3.05) is 33.2 Å². The molecule has 1 aromatic carbocycles. The molecule has 2 rings (SSSR count). The molecule has 1 atom stereocenters. The van der Waals surface area contributed by atoms with Gasteiger partial charge in [0, 0.05) is 31.2 Å². The quantitative estimate of drug-likeness (QED) is 0.893. The predicted octanol–water partition coefficient (Wildman–Crippen LogP) is 1.11. The highest BCUT2D eigenvalue weighted by molar-refractivity contribution is 6.31. The van der Waals surface area contributed by atoms with Crippen molar-refractivity contribution in [3.8, 4) is 0 Å². The van der Waals surface area contributed by atoms with E-state index in [9.17, 15) is 4.79 Å². The molecule has 1 aromatic rings. The highest BCUT2D eigenvalue weighted by atomic mass is 35.5. The highest BCUT2D eigenvalue weighted by Crippen LogP contribution is 2.27. The number of carbonyl (C=O) groups excluding carboxylic acids is 1. The Balaban J connectivity index is 2.24. The van der Waals surface area contributed by atoms with Crippen molar-refractivity contribution in [3.05, 3.63) is 34.9 Å². The summed E-state index contributed by atoms with van der Waals surface area (Å²) in [6, 6.07) is 6.98. The van der Waals surface area contributed by atoms with Crippen LogP contribution in [0, 0.1) is 0 Å². The van der Waals surface area contributed by atoms with Crippen molar-refractivity contribution in [1.29, 1.82) is 0 Å². The Bertz CT molecular complexity index is 430. The summed E-state index contributed by atoms with van der Waals surface area (Å²) in [6.07, 6.45) is 0. The number of halogens is 1. The van der Waals surface area contributed by atoms with E-state index in [0.29, 0.717) is 5.02 Å². The van der Waals surface area contributed by atoms with Crippen LogP contribution in [0.15, 0.2) is 24.3 Å². The highest BCUT2D eigenvalue weighted by Gasteiger charge is 2.29. The number of rotatable bonds is 3. The molecule has 1 heterocycles. The second-order valence-corrected chi connectivity index (χ2v) is 5.07. The van der Waals surface area contributed by atoms with E-state index in [1.807, 2.05) is 18.2 Å². The summed E-state index contributed by atoms with van der Waals surface area (Å²) in [4.78, 5) is 16.1. The van der Waals surface area contributed by atoms with E-state index in [1.165, 1.54) is 0 Å². The molecule has 0 aliphatic carbocycles. The van der Waals surface area contributed by atoms with Crippen LogP contribution in [0.5, 0.6) is 0 Å². The van der Waals surface area contributed by atoms with Crippen molar-refractivity contribution >= 4 is 17.5 Å². The summed E-state index contributed by atoms with van der Waals surface area (Å²) in [5, 5.41) is 0.597. The largest absolute Gasteiger partial charge is 0.368 e. The van der Waals surface area contributed by atoms with E-state index in [4.69, 9.17) is 17.3 Å². The average Bonchev–Trinajstić information content (AvgIpc) is 2.34. The van der Waals surface area contributed by atoms with Crippen molar-refractivity contribution in [2.24, 2.45) is 5.73 Å². The van der Waals surface area contributed by atoms with Crippen LogP contribution in [0.25, 0.3) is 0 Å². The second kappa shape index (κ2) is 5.69. The SMILES string of the molecule is CN1CCN(C(C(N)=O)c2ccccc2Cl)CC1. The molecule has 5 heteroatoms. The van der Waals surface area contributed by atoms with Gasteiger partial charge in [0.1, 0.15) is 6.04 Å². The van der Waals surface area contributed by atoms with Crippen molar-refractivity contribution in [2.45, 2.75) is 6.04 Å². The van der Waals surface area contributed by atoms with Crippen LogP contribution in [0.3, 0.4) is 0 Å². The molecule has 1 unspecified atom stereocenters. The molecule has 98 valence electrons. The third-order valence-electron chi connectivity index (χ3n) is 3.37. The van der Waals surface area contributed by atoms with E-state index >= 15 is 0 Å². The third kappa shape index (κ3) is 2.83. The Hall–Kier alpha value is -1.10. The van der Waals surface area contributed by atoms with E-state index < -0.39 is 6.04 Å². The molecule has 0 spiro atoms. The molecule has 1 aliphatic heterocycles. The normalized spacial score (nSPS) is 19.7. The predicted molar refractivity (Wildman–Crippen MR) is 72.5 cm³/mol. The third-order valence-corrected chi connectivity index (χ3v) is 3.72. The second-order valence-electron chi connectivity index (χ2n) is 4.67. The zero-order valence-corrected chi connectivity index (χ0v) is 11.2. The maximum absolute atomic E-state index is 11.7. The fourth-order valence-corrected chi connectivity index (χ4v) is 2.55. The minimum atomic E-state index is -0.424. The first-order valence-corrected chi connectivity index (χ1v) is 6.43. The topological polar surface area (TPSA) is 49.6 Å². The maximum Gasteiger partial charge on any atom is 0.239 e. The lowest BCUT2D eigenvalue weighted by atomic mass is 10.0. The van der Waals surface area contributed by atoms with E-state index in [0.717, 1.165) is 31.7 Å². The van der Waals surface area contributed by atoms with Crippen LogP contribution in [0.2, 0.25) is 5.02 Å². The number of hydrogen-bond acceptors (Lipinski definition) is 3. The van der Waals surface area contributed by atoms with Gasteiger partial charge in [0.25, 0.3) is 0 Å². The Morgan fingerprint density at radius 3 is 2.44 bits per heavy atom. The summed E-state index contributed by atoms with van der Waals surface area (Å²) < 4.78 is 0. The number of nitrogens with zero attached hydrogens (tertiary/aromatic N) is 2. The van der Waals surface area contributed by atoms with Gasteiger partial charge in [-0.1, -0.05) is 29.8 Å². The number of hydrogen-bond donors (Lipinski definition) is 1. The van der Waals surface area contributed by atoms with E-state index in [-0.39, 0.29) is 5.91 Å². The molecule has 1 aliphatic rings. The van der Waals surface area contributed by atoms with Crippen LogP contribution in [0.4, 0.5) is 0 Å². The molecule has 0 saturated carbocycles. The molecule has 0 radical (unpaired) electrons. The smallest absolute Gasteiger partial charge is 0.239 e. The van der Waals surface area contributed by atoms with Gasteiger partial charge >= 0.3 is 0 Å². The van der Waals surface area contributed by atoms with Crippen molar-refractivity contribution in [1.82, 2.24) is 9.80 Å². The molecule has 1 fully saturated rings. The monoisotopic (exact) mass is 267 g/mol. The average molecular weight is 268 g/mol. The minimum absolute atomic E-state index is 0.340. The molecule has 18 heavy (non-hydrogen) atoms. The fraction of sp³-hybridized carbons (Fsp3) is 0.462. The number of primary amides is 1. The molecule has 1 amide bonds. The van der Waals surface area contributed by atoms with Crippen LogP contribution in [-0.2, 0) is 4.79 Å². The Morgan fingerprint density at radius 2 is 1.89 bits per heavy atom. The van der Waals surface area contributed by atoms with Crippen LogP contribution in [-0.4, -0.2) is 48.9 Å². The first-order valence-electron chi connectivity index (χ1n) is 6.06. The molecule has 0 aromatic heterocycles. The number of nitrogens with two attached hydrogens (primary N) is 1. The Labute approximate surface area is 112 Å². The Morgan fingerprint density at radius 1 is 1.28 bits per heavy atom. The zero-order valence-electron chi connectivity index (χ0n) is 10.5. The lowest BCUT2D eigenvalue weighted by Gasteiger charge is -2.36. The molecule has 0 bridgehead atoms. The Kier molecular flexibility index (Phi) is 4.22. The summed E-state index contributed by atoms with van der Waals surface area (Å²) in [5.74, 6) is -0.340. The summed E-state index contributed by atoms with van der Waals surface area (Å²) in [7, 11) is 2.08. The molecular weight excluding hydrogens is 250 g/mol. The van der Waals surface area contributed by atoms with Gasteiger partial charge in [0.05, 0.1) is 0 Å². The lowest BCUT2D eigenvalue weighted by molar-refractivity contribution is -0.124. The van der Waals surface area contributed by atoms with Gasteiger partial charge in [0.15, 0.2) is 0 Å². The zero-order chi connectivity index (χ0) is 13.1. The lowest BCUT2D eigenvalue weighted by Crippen LogP contribution is -2.49. The summed E-state index contributed by atoms with van der Waals surface area (Å²) >= 11 is 6.17. The summed E-state index contributed by atoms with van der Waals surface area (Å²) in [5.41, 5.74) is 6.35. The number of amides is 1. The number of likely N-dealkylation sites (N-methyl/N-ethyl adjacent to an activating group) is 1. The van der Waals surface area contributed by atoms with Crippen molar-refractivity contribution < 1.29 is 4.79 Å². The molecule has 4 nitrogen and oxygen atoms in total. The van der Waals surface area contributed by atoms with Gasteiger partial charge < -0.3 is 10.6 Å². The standard InChI is InChI=1S/C13H18ClN3O/c1-16-6-8-17(9-7-16)12(13(15)18)10-4-2-3-5-11(10)14/h2-5,12H,6-9H2,1H3,(H2,15,18). The van der Waals surface area contributed by atoms with E-state index in [2.05, 4.69) is 16.8 Å². The van der Waals surface area contributed by atoms with Crippen molar-refractivity contribution in [3.63, 3.8) is 0 Å². The van der Waals surface area contributed by atoms with Gasteiger partial charge in [0.2, 0.25) is 5.91 Å². The van der Waals surface area contributed by atoms with Crippen LogP contribution in [0.1, 0.15) is 11.6 Å². The fourth-order valence-electron chi connectivity index (χ4n) is 2.31. The van der Waals surface area contributed by atoms with Gasteiger partial charge in [-0.3, -0.25) is 9.69 Å². The first kappa shape index (κ1) is 13.3. The summed E-state index contributed by atoms with van der Waals surface area (Å²) in [6.45, 7) is 3.53. The van der Waals surface area contributed by atoms with Gasteiger partial charge in [-0.05, 0) is 18.7 Å². The van der Waals surface area contributed by atoms with E-state index in [1.54, 1.807) is 6.07 Å². The molecule has 2 N–H and O–H groups in total. The van der Waals surface area contributed by atoms with Gasteiger partial charge in [-0.2, -0.15) is 0 Å². The molecule has 1 saturated heterocycles. The maximum atomic E-state index is 11.7.